The van der Waals surface area contributed by atoms with E-state index in [4.69, 9.17) is 4.74 Å². The smallest absolute Gasteiger partial charge is 0.339 e. The van der Waals surface area contributed by atoms with Crippen LogP contribution in [-0.4, -0.2) is 29.6 Å². The lowest BCUT2D eigenvalue weighted by Gasteiger charge is -2.17. The van der Waals surface area contributed by atoms with Gasteiger partial charge in [0.25, 0.3) is 0 Å². The third-order valence-corrected chi connectivity index (χ3v) is 2.39. The van der Waals surface area contributed by atoms with Gasteiger partial charge in [-0.25, -0.2) is 4.79 Å². The summed E-state index contributed by atoms with van der Waals surface area (Å²) < 4.78 is 5.50. The van der Waals surface area contributed by atoms with Crippen LogP contribution in [0.1, 0.15) is 38.1 Å². The van der Waals surface area contributed by atoms with Crippen LogP contribution in [0.25, 0.3) is 0 Å². The van der Waals surface area contributed by atoms with Gasteiger partial charge in [0, 0.05) is 19.5 Å². The quantitative estimate of drug-likeness (QED) is 0.745. The van der Waals surface area contributed by atoms with E-state index < -0.39 is 5.97 Å². The van der Waals surface area contributed by atoms with Crippen molar-refractivity contribution in [2.75, 3.05) is 17.2 Å². The van der Waals surface area contributed by atoms with Crippen LogP contribution in [0.4, 0.5) is 11.4 Å². The standard InChI is InChI=1S/C14H20N2O4/c1-5-15-11-6-10(14(18)19)13(20-8(2)3)7-12(11)16-9(4)17/h6-8,15H,5H2,1-4H3,(H,16,17)(H,18,19). The molecule has 0 atom stereocenters. The van der Waals surface area contributed by atoms with Crippen LogP contribution in [0.15, 0.2) is 12.1 Å². The van der Waals surface area contributed by atoms with Gasteiger partial charge in [-0.05, 0) is 26.8 Å². The first-order valence-electron chi connectivity index (χ1n) is 6.44. The Morgan fingerprint density at radius 1 is 1.30 bits per heavy atom. The number of carboxylic acids is 1. The van der Waals surface area contributed by atoms with E-state index in [1.807, 2.05) is 20.8 Å². The van der Waals surface area contributed by atoms with Crippen LogP contribution < -0.4 is 15.4 Å². The second-order valence-electron chi connectivity index (χ2n) is 4.58. The summed E-state index contributed by atoms with van der Waals surface area (Å²) >= 11 is 0. The molecule has 1 amide bonds. The maximum absolute atomic E-state index is 11.3. The number of nitrogens with one attached hydrogen (secondary N) is 2. The van der Waals surface area contributed by atoms with Gasteiger partial charge in [-0.15, -0.1) is 0 Å². The van der Waals surface area contributed by atoms with E-state index in [1.54, 1.807) is 0 Å². The highest BCUT2D eigenvalue weighted by Gasteiger charge is 2.17. The van der Waals surface area contributed by atoms with Crippen molar-refractivity contribution in [3.05, 3.63) is 17.7 Å². The summed E-state index contributed by atoms with van der Waals surface area (Å²) in [6.07, 6.45) is -0.164. The molecule has 0 fully saturated rings. The van der Waals surface area contributed by atoms with Crippen molar-refractivity contribution in [2.24, 2.45) is 0 Å². The van der Waals surface area contributed by atoms with Crippen LogP contribution in [0.2, 0.25) is 0 Å². The van der Waals surface area contributed by atoms with Crippen molar-refractivity contribution in [1.82, 2.24) is 0 Å². The second kappa shape index (κ2) is 6.79. The van der Waals surface area contributed by atoms with Gasteiger partial charge in [0.15, 0.2) is 0 Å². The Balaban J connectivity index is 3.34. The van der Waals surface area contributed by atoms with E-state index in [-0.39, 0.29) is 23.3 Å². The molecule has 6 nitrogen and oxygen atoms in total. The summed E-state index contributed by atoms with van der Waals surface area (Å²) in [5.74, 6) is -1.07. The Morgan fingerprint density at radius 2 is 1.95 bits per heavy atom. The zero-order valence-electron chi connectivity index (χ0n) is 12.1. The number of carbonyl (C=O) groups is 2. The SMILES string of the molecule is CCNc1cc(C(=O)O)c(OC(C)C)cc1NC(C)=O. The number of carbonyl (C=O) groups excluding carboxylic acids is 1. The lowest BCUT2D eigenvalue weighted by atomic mass is 10.1. The van der Waals surface area contributed by atoms with Crippen LogP contribution in [0.5, 0.6) is 5.75 Å². The number of ether oxygens (including phenoxy) is 1. The minimum absolute atomic E-state index is 0.0590. The topological polar surface area (TPSA) is 87.7 Å². The third kappa shape index (κ3) is 4.15. The Morgan fingerprint density at radius 3 is 2.40 bits per heavy atom. The van der Waals surface area contributed by atoms with Crippen LogP contribution in [0, 0.1) is 0 Å². The number of hydrogen-bond donors (Lipinski definition) is 3. The lowest BCUT2D eigenvalue weighted by molar-refractivity contribution is -0.114. The van der Waals surface area contributed by atoms with E-state index in [1.165, 1.54) is 19.1 Å². The van der Waals surface area contributed by atoms with Crippen molar-refractivity contribution >= 4 is 23.3 Å². The Kier molecular flexibility index (Phi) is 5.37. The molecule has 0 saturated carbocycles. The van der Waals surface area contributed by atoms with E-state index in [0.717, 1.165) is 0 Å². The van der Waals surface area contributed by atoms with Gasteiger partial charge in [0.05, 0.1) is 17.5 Å². The van der Waals surface area contributed by atoms with Crippen LogP contribution in [0.3, 0.4) is 0 Å². The highest BCUT2D eigenvalue weighted by molar-refractivity contribution is 5.98. The number of anilines is 2. The molecule has 3 N–H and O–H groups in total. The minimum Gasteiger partial charge on any atom is -0.490 e. The van der Waals surface area contributed by atoms with Gasteiger partial charge >= 0.3 is 5.97 Å². The summed E-state index contributed by atoms with van der Waals surface area (Å²) in [6, 6.07) is 3.00. The molecular formula is C14H20N2O4. The maximum Gasteiger partial charge on any atom is 0.339 e. The average molecular weight is 280 g/mol. The van der Waals surface area contributed by atoms with Crippen molar-refractivity contribution in [3.8, 4) is 5.75 Å². The summed E-state index contributed by atoms with van der Waals surface area (Å²) in [6.45, 7) is 7.50. The fourth-order valence-electron chi connectivity index (χ4n) is 1.73. The van der Waals surface area contributed by atoms with Gasteiger partial charge in [-0.3, -0.25) is 4.79 Å². The molecule has 6 heteroatoms. The normalized spacial score (nSPS) is 10.2. The van der Waals surface area contributed by atoms with Gasteiger partial charge in [-0.1, -0.05) is 0 Å². The van der Waals surface area contributed by atoms with Gasteiger partial charge < -0.3 is 20.5 Å². The lowest BCUT2D eigenvalue weighted by Crippen LogP contribution is -2.14. The molecule has 0 aromatic heterocycles. The molecule has 0 aliphatic rings. The molecule has 1 aromatic carbocycles. The predicted molar refractivity (Wildman–Crippen MR) is 77.6 cm³/mol. The molecule has 110 valence electrons. The van der Waals surface area contributed by atoms with E-state index in [2.05, 4.69) is 10.6 Å². The van der Waals surface area contributed by atoms with Crippen LogP contribution in [-0.2, 0) is 4.79 Å². The zero-order valence-corrected chi connectivity index (χ0v) is 12.1. The molecule has 0 aliphatic heterocycles. The fraction of sp³-hybridized carbons (Fsp3) is 0.429. The number of hydrogen-bond acceptors (Lipinski definition) is 4. The number of rotatable bonds is 6. The second-order valence-corrected chi connectivity index (χ2v) is 4.58. The molecule has 0 radical (unpaired) electrons. The molecule has 0 saturated heterocycles. The highest BCUT2D eigenvalue weighted by Crippen LogP contribution is 2.32. The fourth-order valence-corrected chi connectivity index (χ4v) is 1.73. The summed E-state index contributed by atoms with van der Waals surface area (Å²) in [5, 5.41) is 14.9. The molecule has 1 rings (SSSR count). The predicted octanol–water partition coefficient (Wildman–Crippen LogP) is 2.56. The largest absolute Gasteiger partial charge is 0.490 e. The van der Waals surface area contributed by atoms with Crippen molar-refractivity contribution < 1.29 is 19.4 Å². The molecular weight excluding hydrogens is 260 g/mol. The zero-order chi connectivity index (χ0) is 15.3. The monoisotopic (exact) mass is 280 g/mol. The number of carboxylic acid groups (broad SMARTS) is 1. The highest BCUT2D eigenvalue weighted by atomic mass is 16.5. The van der Waals surface area contributed by atoms with Gasteiger partial charge in [0.1, 0.15) is 11.3 Å². The molecule has 0 unspecified atom stereocenters. The summed E-state index contributed by atoms with van der Waals surface area (Å²) in [7, 11) is 0. The average Bonchev–Trinajstić information content (AvgIpc) is 2.30. The van der Waals surface area contributed by atoms with E-state index in [9.17, 15) is 14.7 Å². The summed E-state index contributed by atoms with van der Waals surface area (Å²) in [4.78, 5) is 22.5. The number of aromatic carboxylic acids is 1. The van der Waals surface area contributed by atoms with Crippen molar-refractivity contribution in [2.45, 2.75) is 33.8 Å². The minimum atomic E-state index is -1.07. The summed E-state index contributed by atoms with van der Waals surface area (Å²) in [5.41, 5.74) is 1.11. The van der Waals surface area contributed by atoms with E-state index in [0.29, 0.717) is 17.9 Å². The van der Waals surface area contributed by atoms with E-state index >= 15 is 0 Å². The molecule has 0 spiro atoms. The first-order chi connectivity index (χ1) is 9.35. The van der Waals surface area contributed by atoms with Gasteiger partial charge in [-0.2, -0.15) is 0 Å². The first kappa shape index (κ1) is 15.8. The third-order valence-electron chi connectivity index (χ3n) is 2.39. The van der Waals surface area contributed by atoms with Crippen molar-refractivity contribution in [1.29, 1.82) is 0 Å². The molecule has 0 bridgehead atoms. The first-order valence-corrected chi connectivity index (χ1v) is 6.44. The Labute approximate surface area is 118 Å². The molecule has 0 aliphatic carbocycles. The molecule has 0 heterocycles. The van der Waals surface area contributed by atoms with Crippen molar-refractivity contribution in [3.63, 3.8) is 0 Å². The Bertz CT molecular complexity index is 512. The molecule has 20 heavy (non-hydrogen) atoms. The van der Waals surface area contributed by atoms with Gasteiger partial charge in [0.2, 0.25) is 5.91 Å². The number of benzene rings is 1. The Hall–Kier alpha value is -2.24. The molecule has 1 aromatic rings. The van der Waals surface area contributed by atoms with Crippen LogP contribution >= 0.6 is 0 Å². The number of amides is 1. The maximum atomic E-state index is 11.3.